The van der Waals surface area contributed by atoms with E-state index in [0.717, 1.165) is 0 Å². The minimum absolute atomic E-state index is 0.162. The maximum atomic E-state index is 11.4. The number of carboxylic acid groups (broad SMARTS) is 1. The van der Waals surface area contributed by atoms with E-state index < -0.39 is 5.97 Å². The summed E-state index contributed by atoms with van der Waals surface area (Å²) in [6.07, 6.45) is 4.68. The molecule has 21 heavy (non-hydrogen) atoms. The largest absolute Gasteiger partial charge is 0.493 e. The molecule has 0 fully saturated rings. The van der Waals surface area contributed by atoms with E-state index in [1.54, 1.807) is 49.7 Å². The van der Waals surface area contributed by atoms with Crippen LogP contribution in [0.3, 0.4) is 0 Å². The number of pyridine rings is 1. The van der Waals surface area contributed by atoms with Gasteiger partial charge in [0, 0.05) is 18.0 Å². The van der Waals surface area contributed by atoms with Gasteiger partial charge in [0.25, 0.3) is 0 Å². The zero-order valence-electron chi connectivity index (χ0n) is 11.7. The van der Waals surface area contributed by atoms with Gasteiger partial charge in [-0.3, -0.25) is 4.98 Å². The number of benzene rings is 1. The molecule has 0 amide bonds. The summed E-state index contributed by atoms with van der Waals surface area (Å²) >= 11 is 0. The number of hydrogen-bond acceptors (Lipinski definition) is 4. The standard InChI is InChI=1S/C16H15NO4/c1-20-14-6-5-11(9-15(14)21-2)8-13(16(18)19)12-4-3-7-17-10-12/h3-10H,1-2H3,(H,18,19)/b13-8-. The molecule has 5 heteroatoms. The highest BCUT2D eigenvalue weighted by atomic mass is 16.5. The van der Waals surface area contributed by atoms with Crippen molar-refractivity contribution in [3.05, 3.63) is 53.9 Å². The average Bonchev–Trinajstić information content (AvgIpc) is 2.52. The second-order valence-corrected chi connectivity index (χ2v) is 4.22. The monoisotopic (exact) mass is 285 g/mol. The molecule has 2 rings (SSSR count). The molecule has 1 N–H and O–H groups in total. The van der Waals surface area contributed by atoms with Crippen molar-refractivity contribution in [2.24, 2.45) is 0 Å². The van der Waals surface area contributed by atoms with Gasteiger partial charge in [-0.25, -0.2) is 4.79 Å². The average molecular weight is 285 g/mol. The van der Waals surface area contributed by atoms with Crippen molar-refractivity contribution in [2.75, 3.05) is 14.2 Å². The molecule has 1 aromatic carbocycles. The number of rotatable bonds is 5. The summed E-state index contributed by atoms with van der Waals surface area (Å²) in [5, 5.41) is 9.36. The lowest BCUT2D eigenvalue weighted by Crippen LogP contribution is -2.00. The molecule has 1 aromatic heterocycles. The van der Waals surface area contributed by atoms with Gasteiger partial charge in [-0.15, -0.1) is 0 Å². The summed E-state index contributed by atoms with van der Waals surface area (Å²) < 4.78 is 10.4. The Morgan fingerprint density at radius 3 is 2.52 bits per heavy atom. The van der Waals surface area contributed by atoms with Gasteiger partial charge in [-0.2, -0.15) is 0 Å². The first-order valence-electron chi connectivity index (χ1n) is 6.23. The zero-order valence-corrected chi connectivity index (χ0v) is 11.7. The highest BCUT2D eigenvalue weighted by molar-refractivity contribution is 6.20. The smallest absolute Gasteiger partial charge is 0.336 e. The van der Waals surface area contributed by atoms with Crippen LogP contribution in [-0.2, 0) is 4.79 Å². The fraction of sp³-hybridized carbons (Fsp3) is 0.125. The molecule has 0 unspecified atom stereocenters. The van der Waals surface area contributed by atoms with Crippen molar-refractivity contribution in [3.63, 3.8) is 0 Å². The van der Waals surface area contributed by atoms with E-state index in [-0.39, 0.29) is 5.57 Å². The first kappa shape index (κ1) is 14.6. The molecular formula is C16H15NO4. The number of carboxylic acids is 1. The predicted molar refractivity (Wildman–Crippen MR) is 79.3 cm³/mol. The van der Waals surface area contributed by atoms with Crippen molar-refractivity contribution in [1.82, 2.24) is 4.98 Å². The van der Waals surface area contributed by atoms with Crippen LogP contribution in [0.4, 0.5) is 0 Å². The molecule has 0 saturated heterocycles. The third-order valence-corrected chi connectivity index (χ3v) is 2.92. The highest BCUT2D eigenvalue weighted by Gasteiger charge is 2.11. The summed E-state index contributed by atoms with van der Waals surface area (Å²) in [5.74, 6) is 0.118. The van der Waals surface area contributed by atoms with Crippen molar-refractivity contribution in [1.29, 1.82) is 0 Å². The topological polar surface area (TPSA) is 68.7 Å². The summed E-state index contributed by atoms with van der Waals surface area (Å²) in [6, 6.07) is 8.61. The van der Waals surface area contributed by atoms with Crippen LogP contribution in [0.15, 0.2) is 42.7 Å². The van der Waals surface area contributed by atoms with Crippen molar-refractivity contribution in [2.45, 2.75) is 0 Å². The molecule has 0 aliphatic heterocycles. The van der Waals surface area contributed by atoms with Gasteiger partial charge < -0.3 is 14.6 Å². The van der Waals surface area contributed by atoms with Crippen LogP contribution in [0.1, 0.15) is 11.1 Å². The number of carbonyl (C=O) groups is 1. The Hall–Kier alpha value is -2.82. The molecule has 0 bridgehead atoms. The molecule has 0 aliphatic carbocycles. The van der Waals surface area contributed by atoms with Crippen LogP contribution in [0.25, 0.3) is 11.6 Å². The molecule has 0 radical (unpaired) electrons. The van der Waals surface area contributed by atoms with Crippen molar-refractivity contribution in [3.8, 4) is 11.5 Å². The molecular weight excluding hydrogens is 270 g/mol. The van der Waals surface area contributed by atoms with E-state index in [0.29, 0.717) is 22.6 Å². The lowest BCUT2D eigenvalue weighted by Gasteiger charge is -2.08. The van der Waals surface area contributed by atoms with Gasteiger partial charge >= 0.3 is 5.97 Å². The van der Waals surface area contributed by atoms with Crippen LogP contribution in [0.2, 0.25) is 0 Å². The minimum atomic E-state index is -1.02. The maximum absolute atomic E-state index is 11.4. The molecule has 5 nitrogen and oxygen atoms in total. The number of aromatic nitrogens is 1. The van der Waals surface area contributed by atoms with Crippen LogP contribution in [-0.4, -0.2) is 30.3 Å². The van der Waals surface area contributed by atoms with Gasteiger partial charge in [0.2, 0.25) is 0 Å². The summed E-state index contributed by atoms with van der Waals surface area (Å²) in [4.78, 5) is 15.4. The summed E-state index contributed by atoms with van der Waals surface area (Å²) in [6.45, 7) is 0. The van der Waals surface area contributed by atoms with E-state index in [1.165, 1.54) is 13.3 Å². The van der Waals surface area contributed by atoms with Gasteiger partial charge in [0.1, 0.15) is 0 Å². The number of methoxy groups -OCH3 is 2. The van der Waals surface area contributed by atoms with Crippen molar-refractivity contribution < 1.29 is 19.4 Å². The van der Waals surface area contributed by atoms with E-state index in [4.69, 9.17) is 9.47 Å². The molecule has 1 heterocycles. The Morgan fingerprint density at radius 2 is 1.95 bits per heavy atom. The lowest BCUT2D eigenvalue weighted by molar-refractivity contribution is -0.130. The first-order valence-corrected chi connectivity index (χ1v) is 6.23. The maximum Gasteiger partial charge on any atom is 0.336 e. The molecule has 0 saturated carbocycles. The number of hydrogen-bond donors (Lipinski definition) is 1. The van der Waals surface area contributed by atoms with Crippen LogP contribution in [0, 0.1) is 0 Å². The number of aliphatic carboxylic acids is 1. The fourth-order valence-corrected chi connectivity index (χ4v) is 1.90. The molecule has 0 spiro atoms. The fourth-order valence-electron chi connectivity index (χ4n) is 1.90. The Bertz CT molecular complexity index is 665. The third-order valence-electron chi connectivity index (χ3n) is 2.92. The normalized spacial score (nSPS) is 11.0. The minimum Gasteiger partial charge on any atom is -0.493 e. The van der Waals surface area contributed by atoms with Gasteiger partial charge in [-0.1, -0.05) is 12.1 Å². The number of nitrogens with zero attached hydrogens (tertiary/aromatic N) is 1. The van der Waals surface area contributed by atoms with Crippen LogP contribution < -0.4 is 9.47 Å². The Labute approximate surface area is 122 Å². The van der Waals surface area contributed by atoms with Gasteiger partial charge in [0.15, 0.2) is 11.5 Å². The quantitative estimate of drug-likeness (QED) is 0.855. The second kappa shape index (κ2) is 6.56. The van der Waals surface area contributed by atoms with E-state index >= 15 is 0 Å². The molecule has 2 aromatic rings. The van der Waals surface area contributed by atoms with Crippen LogP contribution in [0.5, 0.6) is 11.5 Å². The lowest BCUT2D eigenvalue weighted by atomic mass is 10.0. The highest BCUT2D eigenvalue weighted by Crippen LogP contribution is 2.29. The molecule has 0 atom stereocenters. The third kappa shape index (κ3) is 3.39. The molecule has 108 valence electrons. The van der Waals surface area contributed by atoms with Crippen molar-refractivity contribution >= 4 is 17.6 Å². The Kier molecular flexibility index (Phi) is 4.56. The van der Waals surface area contributed by atoms with E-state index in [2.05, 4.69) is 4.98 Å². The second-order valence-electron chi connectivity index (χ2n) is 4.22. The zero-order chi connectivity index (χ0) is 15.2. The van der Waals surface area contributed by atoms with E-state index in [1.807, 2.05) is 0 Å². The summed E-state index contributed by atoms with van der Waals surface area (Å²) in [7, 11) is 3.08. The Balaban J connectivity index is 2.46. The number of ether oxygens (including phenoxy) is 2. The van der Waals surface area contributed by atoms with Gasteiger partial charge in [0.05, 0.1) is 19.8 Å². The van der Waals surface area contributed by atoms with E-state index in [9.17, 15) is 9.90 Å². The Morgan fingerprint density at radius 1 is 1.19 bits per heavy atom. The predicted octanol–water partition coefficient (Wildman–Crippen LogP) is 2.72. The van der Waals surface area contributed by atoms with Gasteiger partial charge in [-0.05, 0) is 29.8 Å². The van der Waals surface area contributed by atoms with Crippen LogP contribution >= 0.6 is 0 Å². The molecule has 0 aliphatic rings. The summed E-state index contributed by atoms with van der Waals surface area (Å²) in [5.41, 5.74) is 1.41. The SMILES string of the molecule is COc1ccc(/C=C(\C(=O)O)c2cccnc2)cc1OC. The first-order chi connectivity index (χ1) is 10.2.